The van der Waals surface area contributed by atoms with Gasteiger partial charge in [-0.15, -0.1) is 0 Å². The van der Waals surface area contributed by atoms with E-state index >= 15 is 0 Å². The second-order valence-electron chi connectivity index (χ2n) is 9.33. The number of aromatic nitrogens is 2. The second kappa shape index (κ2) is 10.3. The van der Waals surface area contributed by atoms with Crippen molar-refractivity contribution in [3.05, 3.63) is 125 Å². The van der Waals surface area contributed by atoms with Crippen LogP contribution in [0, 0.1) is 0 Å². The number of para-hydroxylation sites is 4. The summed E-state index contributed by atoms with van der Waals surface area (Å²) in [7, 11) is 0. The van der Waals surface area contributed by atoms with Gasteiger partial charge < -0.3 is 0 Å². The number of anilines is 2. The highest BCUT2D eigenvalue weighted by Crippen LogP contribution is 2.39. The summed E-state index contributed by atoms with van der Waals surface area (Å²) >= 11 is 1.36. The minimum Gasteiger partial charge on any atom is -0.280 e. The summed E-state index contributed by atoms with van der Waals surface area (Å²) < 4.78 is 1.63. The largest absolute Gasteiger partial charge is 0.280 e. The van der Waals surface area contributed by atoms with Gasteiger partial charge in [-0.25, -0.2) is 4.98 Å². The topological polar surface area (TPSA) is 55.2 Å². The number of carbonyl (C=O) groups is 1. The summed E-state index contributed by atoms with van der Waals surface area (Å²) in [5.41, 5.74) is 5.37. The highest BCUT2D eigenvalue weighted by atomic mass is 32.2. The lowest BCUT2D eigenvalue weighted by molar-refractivity contribution is -0.117. The lowest BCUT2D eigenvalue weighted by Crippen LogP contribution is -2.35. The minimum atomic E-state index is -0.447. The van der Waals surface area contributed by atoms with E-state index in [0.717, 1.165) is 41.0 Å². The van der Waals surface area contributed by atoms with Crippen LogP contribution >= 0.6 is 11.8 Å². The van der Waals surface area contributed by atoms with Crippen LogP contribution < -0.4 is 10.5 Å². The van der Waals surface area contributed by atoms with E-state index in [1.54, 1.807) is 10.6 Å². The van der Waals surface area contributed by atoms with Gasteiger partial charge in [-0.05, 0) is 66.8 Å². The highest BCUT2D eigenvalue weighted by Gasteiger charge is 2.32. The van der Waals surface area contributed by atoms with E-state index in [1.165, 1.54) is 11.8 Å². The zero-order valence-corrected chi connectivity index (χ0v) is 21.9. The fraction of sp³-hybridized carbons (Fsp3) is 0.156. The van der Waals surface area contributed by atoms with Crippen LogP contribution in [-0.2, 0) is 17.6 Å². The Kier molecular flexibility index (Phi) is 6.56. The van der Waals surface area contributed by atoms with E-state index in [1.807, 2.05) is 96.8 Å². The third-order valence-corrected chi connectivity index (χ3v) is 8.31. The van der Waals surface area contributed by atoms with Crippen molar-refractivity contribution in [1.82, 2.24) is 9.55 Å². The van der Waals surface area contributed by atoms with Crippen molar-refractivity contribution in [2.24, 2.45) is 0 Å². The quantitative estimate of drug-likeness (QED) is 0.192. The van der Waals surface area contributed by atoms with Crippen molar-refractivity contribution in [2.75, 3.05) is 4.90 Å². The fourth-order valence-corrected chi connectivity index (χ4v) is 6.17. The Balaban J connectivity index is 1.47. The van der Waals surface area contributed by atoms with Crippen LogP contribution in [0.25, 0.3) is 16.6 Å². The smallest absolute Gasteiger partial charge is 0.266 e. The summed E-state index contributed by atoms with van der Waals surface area (Å²) in [5, 5.41) is 0.615. The summed E-state index contributed by atoms with van der Waals surface area (Å²) in [4.78, 5) is 34.8. The molecule has 6 heteroatoms. The normalized spacial score (nSPS) is 13.4. The van der Waals surface area contributed by atoms with Crippen molar-refractivity contribution in [3.8, 4) is 5.69 Å². The molecule has 1 unspecified atom stereocenters. The Morgan fingerprint density at radius 1 is 0.816 bits per heavy atom. The highest BCUT2D eigenvalue weighted by molar-refractivity contribution is 8.00. The van der Waals surface area contributed by atoms with Crippen molar-refractivity contribution in [2.45, 2.75) is 36.6 Å². The Labute approximate surface area is 225 Å². The molecule has 2 heterocycles. The van der Waals surface area contributed by atoms with Gasteiger partial charge in [0, 0.05) is 0 Å². The molecule has 0 saturated heterocycles. The Morgan fingerprint density at radius 3 is 2.05 bits per heavy atom. The number of benzene rings is 4. The Hall–Kier alpha value is -4.16. The van der Waals surface area contributed by atoms with Crippen LogP contribution in [0.4, 0.5) is 11.4 Å². The molecule has 4 aromatic carbocycles. The van der Waals surface area contributed by atoms with Gasteiger partial charge in [0.2, 0.25) is 5.91 Å². The predicted molar refractivity (Wildman–Crippen MR) is 155 cm³/mol. The summed E-state index contributed by atoms with van der Waals surface area (Å²) in [5.74, 6) is -0.0127. The first-order chi connectivity index (χ1) is 18.7. The molecule has 0 N–H and O–H groups in total. The fourth-order valence-electron chi connectivity index (χ4n) is 5.09. The maximum absolute atomic E-state index is 14.4. The van der Waals surface area contributed by atoms with Crippen LogP contribution in [0.5, 0.6) is 0 Å². The third-order valence-electron chi connectivity index (χ3n) is 7.00. The maximum atomic E-state index is 14.4. The molecule has 1 aromatic heterocycles. The molecule has 0 spiro atoms. The molecule has 188 valence electrons. The molecule has 0 bridgehead atoms. The number of carbonyl (C=O) groups excluding carboxylic acids is 1. The first-order valence-corrected chi connectivity index (χ1v) is 13.8. The lowest BCUT2D eigenvalue weighted by Gasteiger charge is -2.28. The van der Waals surface area contributed by atoms with Crippen LogP contribution in [0.1, 0.15) is 24.5 Å². The number of amides is 1. The van der Waals surface area contributed by atoms with Gasteiger partial charge in [0.25, 0.3) is 5.56 Å². The van der Waals surface area contributed by atoms with Gasteiger partial charge in [-0.1, -0.05) is 85.4 Å². The molecule has 0 fully saturated rings. The number of thioether (sulfide) groups is 1. The van der Waals surface area contributed by atoms with E-state index < -0.39 is 5.25 Å². The first-order valence-electron chi connectivity index (χ1n) is 12.9. The molecule has 1 aliphatic heterocycles. The number of aryl methyl sites for hydroxylation is 2. The average Bonchev–Trinajstić information content (AvgIpc) is 3.13. The average molecular weight is 518 g/mol. The third kappa shape index (κ3) is 4.31. The number of hydrogen-bond acceptors (Lipinski definition) is 4. The van der Waals surface area contributed by atoms with E-state index in [-0.39, 0.29) is 11.5 Å². The van der Waals surface area contributed by atoms with Crippen molar-refractivity contribution >= 4 is 39.9 Å². The Bertz CT molecular complexity index is 1650. The molecular weight excluding hydrogens is 490 g/mol. The van der Waals surface area contributed by atoms with Gasteiger partial charge in [-0.3, -0.25) is 19.1 Å². The van der Waals surface area contributed by atoms with E-state index in [9.17, 15) is 9.59 Å². The monoisotopic (exact) mass is 517 g/mol. The molecule has 38 heavy (non-hydrogen) atoms. The van der Waals surface area contributed by atoms with Gasteiger partial charge in [0.15, 0.2) is 5.16 Å². The number of nitrogens with zero attached hydrogens (tertiary/aromatic N) is 3. The maximum Gasteiger partial charge on any atom is 0.266 e. The summed E-state index contributed by atoms with van der Waals surface area (Å²) in [6.45, 7) is 2.01. The molecule has 0 saturated carbocycles. The molecule has 1 amide bonds. The second-order valence-corrected chi connectivity index (χ2v) is 10.5. The van der Waals surface area contributed by atoms with Gasteiger partial charge in [0.05, 0.1) is 33.2 Å². The van der Waals surface area contributed by atoms with Crippen LogP contribution in [0.2, 0.25) is 0 Å². The van der Waals surface area contributed by atoms with E-state index in [0.29, 0.717) is 22.5 Å². The molecule has 5 nitrogen and oxygen atoms in total. The zero-order chi connectivity index (χ0) is 26.1. The number of rotatable bonds is 5. The molecular formula is C32H27N3O2S. The standard InChI is InChI=1S/C32H27N3O2S/c1-2-29(31(37)35-27-18-10-6-12-22(27)20-21-23-13-7-11-19-28(23)35)38-32-33-26-17-9-8-16-25(26)30(36)34(32)24-14-4-3-5-15-24/h3-19,29H,2,20-21H2,1H3. The molecule has 0 radical (unpaired) electrons. The predicted octanol–water partition coefficient (Wildman–Crippen LogP) is 6.72. The van der Waals surface area contributed by atoms with Crippen LogP contribution in [-0.4, -0.2) is 20.7 Å². The molecule has 1 aliphatic rings. The van der Waals surface area contributed by atoms with E-state index in [2.05, 4.69) is 12.1 Å². The number of hydrogen-bond donors (Lipinski definition) is 0. The number of fused-ring (bicyclic) bond motifs is 3. The zero-order valence-electron chi connectivity index (χ0n) is 21.1. The Morgan fingerprint density at radius 2 is 1.39 bits per heavy atom. The molecule has 0 aliphatic carbocycles. The van der Waals surface area contributed by atoms with Gasteiger partial charge in [-0.2, -0.15) is 0 Å². The van der Waals surface area contributed by atoms with Crippen molar-refractivity contribution in [1.29, 1.82) is 0 Å². The molecule has 5 aromatic rings. The van der Waals surface area contributed by atoms with Crippen LogP contribution in [0.15, 0.2) is 113 Å². The van der Waals surface area contributed by atoms with E-state index in [4.69, 9.17) is 4.98 Å². The van der Waals surface area contributed by atoms with Crippen molar-refractivity contribution in [3.63, 3.8) is 0 Å². The lowest BCUT2D eigenvalue weighted by atomic mass is 10.0. The molecule has 6 rings (SSSR count). The van der Waals surface area contributed by atoms with Gasteiger partial charge in [0.1, 0.15) is 0 Å². The van der Waals surface area contributed by atoms with Crippen LogP contribution in [0.3, 0.4) is 0 Å². The molecule has 1 atom stereocenters. The minimum absolute atomic E-state index is 0.0127. The first kappa shape index (κ1) is 24.2. The summed E-state index contributed by atoms with van der Waals surface area (Å²) in [6.07, 6.45) is 2.34. The summed E-state index contributed by atoms with van der Waals surface area (Å²) in [6, 6.07) is 33.2. The van der Waals surface area contributed by atoms with Gasteiger partial charge >= 0.3 is 0 Å². The SMILES string of the molecule is CCC(Sc1nc2ccccc2c(=O)n1-c1ccccc1)C(=O)N1c2ccccc2CCc2ccccc21. The van der Waals surface area contributed by atoms with Crippen molar-refractivity contribution < 1.29 is 4.79 Å².